The minimum absolute atomic E-state index is 0.540. The molecule has 4 aromatic rings. The Morgan fingerprint density at radius 1 is 0.763 bits per heavy atom. The first-order valence-electron chi connectivity index (χ1n) is 12.4. The van der Waals surface area contributed by atoms with E-state index in [9.17, 15) is 4.79 Å². The number of hydrogen-bond acceptors (Lipinski definition) is 5. The topological polar surface area (TPSA) is 62.8 Å². The molecule has 194 valence electrons. The molecule has 0 fully saturated rings. The van der Waals surface area contributed by atoms with Gasteiger partial charge in [0.15, 0.2) is 0 Å². The van der Waals surface area contributed by atoms with Crippen molar-refractivity contribution in [1.82, 2.24) is 5.32 Å². The first-order valence-corrected chi connectivity index (χ1v) is 12.8. The summed E-state index contributed by atoms with van der Waals surface area (Å²) in [6.45, 7) is 2.09. The minimum Gasteiger partial charge on any atom is -0.492 e. The number of anilines is 2. The lowest BCUT2D eigenvalue weighted by molar-refractivity contribution is -0.106. The molecule has 0 aromatic heterocycles. The molecular weight excluding hydrogens is 498 g/mol. The molecule has 2 N–H and O–H groups in total. The zero-order valence-corrected chi connectivity index (χ0v) is 21.7. The van der Waals surface area contributed by atoms with Crippen LogP contribution in [0.25, 0.3) is 0 Å². The summed E-state index contributed by atoms with van der Waals surface area (Å²) in [6, 6.07) is 32.5. The standard InChI is InChI=1S/C31H30ClN3O3/c32-31-9-5-4-6-25(31)18-19-33-21-23-37-28-16-12-27(13-17-28)35(24-36)22-20-34-26-10-14-30(15-11-26)38-29-7-2-1-3-8-29/h1-17,20,22,24,33-34H,18-19,21,23H2/b22-20-. The molecule has 38 heavy (non-hydrogen) atoms. The number of ether oxygens (including phenoxy) is 2. The summed E-state index contributed by atoms with van der Waals surface area (Å²) >= 11 is 6.18. The van der Waals surface area contributed by atoms with E-state index >= 15 is 0 Å². The molecule has 0 bridgehead atoms. The maximum atomic E-state index is 11.6. The summed E-state index contributed by atoms with van der Waals surface area (Å²) in [4.78, 5) is 13.1. The summed E-state index contributed by atoms with van der Waals surface area (Å²) in [7, 11) is 0. The molecule has 4 rings (SSSR count). The summed E-state index contributed by atoms with van der Waals surface area (Å²) in [5.41, 5.74) is 2.74. The van der Waals surface area contributed by atoms with Gasteiger partial charge in [-0.15, -0.1) is 0 Å². The van der Waals surface area contributed by atoms with Crippen LogP contribution < -0.4 is 25.0 Å². The van der Waals surface area contributed by atoms with Crippen molar-refractivity contribution in [3.8, 4) is 17.2 Å². The van der Waals surface area contributed by atoms with Gasteiger partial charge in [0.2, 0.25) is 6.41 Å². The molecule has 0 aliphatic carbocycles. The number of benzene rings is 4. The zero-order valence-electron chi connectivity index (χ0n) is 20.9. The van der Waals surface area contributed by atoms with Gasteiger partial charge < -0.3 is 20.1 Å². The van der Waals surface area contributed by atoms with Gasteiger partial charge in [-0.25, -0.2) is 0 Å². The molecule has 0 saturated carbocycles. The van der Waals surface area contributed by atoms with Gasteiger partial charge in [-0.05, 0) is 85.3 Å². The maximum Gasteiger partial charge on any atom is 0.218 e. The number of carbonyl (C=O) groups is 1. The third-order valence-corrected chi connectivity index (χ3v) is 6.01. The van der Waals surface area contributed by atoms with Gasteiger partial charge in [0.1, 0.15) is 23.9 Å². The maximum absolute atomic E-state index is 11.6. The van der Waals surface area contributed by atoms with E-state index in [1.165, 1.54) is 4.90 Å². The van der Waals surface area contributed by atoms with E-state index in [1.54, 1.807) is 12.4 Å². The van der Waals surface area contributed by atoms with Crippen molar-refractivity contribution in [2.75, 3.05) is 29.9 Å². The first-order chi connectivity index (χ1) is 18.7. The van der Waals surface area contributed by atoms with Crippen LogP contribution in [0, 0.1) is 0 Å². The van der Waals surface area contributed by atoms with Crippen LogP contribution in [0.2, 0.25) is 5.02 Å². The van der Waals surface area contributed by atoms with Crippen molar-refractivity contribution < 1.29 is 14.3 Å². The molecule has 0 saturated heterocycles. The van der Waals surface area contributed by atoms with Gasteiger partial charge in [0.25, 0.3) is 0 Å². The van der Waals surface area contributed by atoms with E-state index in [2.05, 4.69) is 10.6 Å². The Hall–Kier alpha value is -4.26. The molecule has 1 amide bonds. The molecule has 0 heterocycles. The third-order valence-electron chi connectivity index (χ3n) is 5.64. The van der Waals surface area contributed by atoms with Crippen LogP contribution in [-0.4, -0.2) is 26.1 Å². The van der Waals surface area contributed by atoms with Crippen molar-refractivity contribution in [3.63, 3.8) is 0 Å². The van der Waals surface area contributed by atoms with Crippen LogP contribution in [0.5, 0.6) is 17.2 Å². The monoisotopic (exact) mass is 527 g/mol. The molecule has 0 aliphatic rings. The average molecular weight is 528 g/mol. The lowest BCUT2D eigenvalue weighted by Gasteiger charge is -2.14. The largest absolute Gasteiger partial charge is 0.492 e. The summed E-state index contributed by atoms with van der Waals surface area (Å²) in [5, 5.41) is 7.32. The summed E-state index contributed by atoms with van der Waals surface area (Å²) in [6.07, 6.45) is 5.00. The normalized spacial score (nSPS) is 10.8. The second-order valence-electron chi connectivity index (χ2n) is 8.35. The molecule has 4 aromatic carbocycles. The van der Waals surface area contributed by atoms with Crippen LogP contribution in [0.3, 0.4) is 0 Å². The quantitative estimate of drug-likeness (QED) is 0.138. The lowest BCUT2D eigenvalue weighted by Crippen LogP contribution is -2.23. The number of nitrogens with one attached hydrogen (secondary N) is 2. The predicted molar refractivity (Wildman–Crippen MR) is 154 cm³/mol. The summed E-state index contributed by atoms with van der Waals surface area (Å²) in [5.74, 6) is 2.27. The number of amides is 1. The Balaban J connectivity index is 1.18. The van der Waals surface area contributed by atoms with Crippen molar-refractivity contribution in [1.29, 1.82) is 0 Å². The van der Waals surface area contributed by atoms with E-state index in [1.807, 2.05) is 103 Å². The van der Waals surface area contributed by atoms with E-state index in [0.29, 0.717) is 6.61 Å². The fourth-order valence-corrected chi connectivity index (χ4v) is 3.87. The smallest absolute Gasteiger partial charge is 0.218 e. The molecule has 0 spiro atoms. The number of nitrogens with zero attached hydrogens (tertiary/aromatic N) is 1. The number of halogens is 1. The Morgan fingerprint density at radius 3 is 2.18 bits per heavy atom. The molecule has 0 radical (unpaired) electrons. The Morgan fingerprint density at radius 2 is 1.45 bits per heavy atom. The highest BCUT2D eigenvalue weighted by Crippen LogP contribution is 2.23. The van der Waals surface area contributed by atoms with E-state index in [4.69, 9.17) is 21.1 Å². The van der Waals surface area contributed by atoms with Crippen LogP contribution in [-0.2, 0) is 11.2 Å². The average Bonchev–Trinajstić information content (AvgIpc) is 2.96. The van der Waals surface area contributed by atoms with Crippen LogP contribution >= 0.6 is 11.6 Å². The van der Waals surface area contributed by atoms with Gasteiger partial charge in [-0.1, -0.05) is 48.0 Å². The van der Waals surface area contributed by atoms with Crippen molar-refractivity contribution in [2.24, 2.45) is 0 Å². The molecular formula is C31H30ClN3O3. The molecule has 0 unspecified atom stereocenters. The van der Waals surface area contributed by atoms with Gasteiger partial charge in [0, 0.05) is 35.3 Å². The fraction of sp³-hybridized carbons (Fsp3) is 0.129. The Kier molecular flexibility index (Phi) is 10.2. The van der Waals surface area contributed by atoms with E-state index < -0.39 is 0 Å². The van der Waals surface area contributed by atoms with E-state index in [0.717, 1.165) is 65.1 Å². The van der Waals surface area contributed by atoms with Crippen LogP contribution in [0.15, 0.2) is 116 Å². The predicted octanol–water partition coefficient (Wildman–Crippen LogP) is 6.89. The lowest BCUT2D eigenvalue weighted by atomic mass is 10.1. The van der Waals surface area contributed by atoms with Gasteiger partial charge in [-0.3, -0.25) is 9.69 Å². The Bertz CT molecular complexity index is 1300. The third kappa shape index (κ3) is 8.40. The fourth-order valence-electron chi connectivity index (χ4n) is 3.64. The number of rotatable bonds is 14. The molecule has 0 aliphatic heterocycles. The number of carbonyl (C=O) groups excluding carboxylic acids is 1. The van der Waals surface area contributed by atoms with Gasteiger partial charge in [0.05, 0.1) is 0 Å². The SMILES string of the molecule is O=CN(/C=C\Nc1ccc(Oc2ccccc2)cc1)c1ccc(OCCNCCc2ccccc2Cl)cc1. The molecule has 0 atom stereocenters. The number of hydrogen-bond donors (Lipinski definition) is 2. The van der Waals surface area contributed by atoms with Crippen LogP contribution in [0.1, 0.15) is 5.56 Å². The second kappa shape index (κ2) is 14.5. The van der Waals surface area contributed by atoms with Gasteiger partial charge >= 0.3 is 0 Å². The first kappa shape index (κ1) is 26.8. The highest BCUT2D eigenvalue weighted by atomic mass is 35.5. The van der Waals surface area contributed by atoms with Crippen molar-refractivity contribution in [2.45, 2.75) is 6.42 Å². The number of para-hydroxylation sites is 1. The summed E-state index contributed by atoms with van der Waals surface area (Å²) < 4.78 is 11.6. The van der Waals surface area contributed by atoms with Crippen molar-refractivity contribution >= 4 is 29.4 Å². The highest BCUT2D eigenvalue weighted by Gasteiger charge is 2.03. The highest BCUT2D eigenvalue weighted by molar-refractivity contribution is 6.31. The van der Waals surface area contributed by atoms with Crippen molar-refractivity contribution in [3.05, 3.63) is 126 Å². The molecule has 6 nitrogen and oxygen atoms in total. The minimum atomic E-state index is 0.540. The van der Waals surface area contributed by atoms with E-state index in [-0.39, 0.29) is 0 Å². The molecule has 7 heteroatoms. The second-order valence-corrected chi connectivity index (χ2v) is 8.75. The Labute approximate surface area is 228 Å². The van der Waals surface area contributed by atoms with Crippen LogP contribution in [0.4, 0.5) is 11.4 Å². The zero-order chi connectivity index (χ0) is 26.4. The van der Waals surface area contributed by atoms with Gasteiger partial charge in [-0.2, -0.15) is 0 Å².